The fraction of sp³-hybridized carbons (Fsp3) is 0.538. The lowest BCUT2D eigenvalue weighted by atomic mass is 10.3. The second kappa shape index (κ2) is 5.05. The fourth-order valence-corrected chi connectivity index (χ4v) is 2.60. The first-order valence-electron chi connectivity index (χ1n) is 6.69. The van der Waals surface area contributed by atoms with E-state index in [0.717, 1.165) is 23.4 Å². The highest BCUT2D eigenvalue weighted by atomic mass is 16.5. The van der Waals surface area contributed by atoms with E-state index < -0.39 is 0 Å². The van der Waals surface area contributed by atoms with Gasteiger partial charge in [0.1, 0.15) is 24.2 Å². The molecule has 3 rings (SSSR count). The molecule has 0 atom stereocenters. The Hall–Kier alpha value is -1.82. The maximum atomic E-state index is 5.86. The highest BCUT2D eigenvalue weighted by Gasteiger charge is 2.14. The number of nitrogens with zero attached hydrogens (tertiary/aromatic N) is 4. The van der Waals surface area contributed by atoms with Crippen molar-refractivity contribution in [1.29, 1.82) is 0 Å². The van der Waals surface area contributed by atoms with Crippen LogP contribution in [-0.4, -0.2) is 45.7 Å². The number of fused-ring (bicyclic) bond motifs is 1. The van der Waals surface area contributed by atoms with Crippen LogP contribution >= 0.6 is 0 Å². The van der Waals surface area contributed by atoms with Crippen LogP contribution in [0.5, 0.6) is 5.75 Å². The quantitative estimate of drug-likeness (QED) is 0.892. The third kappa shape index (κ3) is 2.35. The van der Waals surface area contributed by atoms with Gasteiger partial charge in [0.2, 0.25) is 0 Å². The molecular formula is C13H19N5O. The molecule has 0 amide bonds. The molecule has 1 saturated heterocycles. The van der Waals surface area contributed by atoms with Gasteiger partial charge in [0.25, 0.3) is 0 Å². The second-order valence-electron chi connectivity index (χ2n) is 4.95. The van der Waals surface area contributed by atoms with E-state index in [0.29, 0.717) is 12.4 Å². The Kier molecular flexibility index (Phi) is 3.25. The fourth-order valence-electron chi connectivity index (χ4n) is 2.60. The number of anilines is 1. The van der Waals surface area contributed by atoms with Crippen LogP contribution < -0.4 is 10.5 Å². The lowest BCUT2D eigenvalue weighted by Gasteiger charge is -2.14. The van der Waals surface area contributed by atoms with Crippen molar-refractivity contribution in [3.05, 3.63) is 18.1 Å². The molecule has 2 aromatic heterocycles. The Morgan fingerprint density at radius 1 is 1.37 bits per heavy atom. The van der Waals surface area contributed by atoms with Gasteiger partial charge in [-0.3, -0.25) is 4.90 Å². The molecule has 0 aromatic carbocycles. The number of nitrogens with two attached hydrogens (primary N) is 1. The Morgan fingerprint density at radius 2 is 2.16 bits per heavy atom. The number of aromatic nitrogens is 3. The largest absolute Gasteiger partial charge is 0.490 e. The highest BCUT2D eigenvalue weighted by molar-refractivity contribution is 5.72. The van der Waals surface area contributed by atoms with Crippen LogP contribution in [0.4, 0.5) is 5.82 Å². The molecule has 19 heavy (non-hydrogen) atoms. The van der Waals surface area contributed by atoms with Crippen LogP contribution in [0.3, 0.4) is 0 Å². The summed E-state index contributed by atoms with van der Waals surface area (Å²) in [7, 11) is 0. The summed E-state index contributed by atoms with van der Waals surface area (Å²) in [6, 6.07) is 0. The van der Waals surface area contributed by atoms with Crippen molar-refractivity contribution in [2.75, 3.05) is 32.0 Å². The van der Waals surface area contributed by atoms with E-state index in [-0.39, 0.29) is 0 Å². The van der Waals surface area contributed by atoms with E-state index in [9.17, 15) is 0 Å². The van der Waals surface area contributed by atoms with Crippen LogP contribution in [0.2, 0.25) is 0 Å². The monoisotopic (exact) mass is 261 g/mol. The van der Waals surface area contributed by atoms with E-state index in [1.165, 1.54) is 32.3 Å². The van der Waals surface area contributed by atoms with E-state index in [1.807, 2.05) is 13.1 Å². The second-order valence-corrected chi connectivity index (χ2v) is 4.95. The number of ether oxygens (including phenoxy) is 1. The normalized spacial score (nSPS) is 16.3. The average Bonchev–Trinajstić information content (AvgIpc) is 3.00. The van der Waals surface area contributed by atoms with Gasteiger partial charge in [-0.1, -0.05) is 0 Å². The molecule has 6 nitrogen and oxygen atoms in total. The molecule has 0 radical (unpaired) electrons. The van der Waals surface area contributed by atoms with Gasteiger partial charge in [0.15, 0.2) is 5.82 Å². The Bertz CT molecular complexity index is 574. The summed E-state index contributed by atoms with van der Waals surface area (Å²) in [5.41, 5.74) is 7.69. The van der Waals surface area contributed by atoms with Crippen LogP contribution in [-0.2, 0) is 0 Å². The molecule has 0 unspecified atom stereocenters. The SMILES string of the molecule is Cc1c(OCCN2CCCC2)cn2ncnc(N)c12. The van der Waals surface area contributed by atoms with Crippen LogP contribution in [0.15, 0.2) is 12.5 Å². The van der Waals surface area contributed by atoms with E-state index in [1.54, 1.807) is 4.52 Å². The molecule has 102 valence electrons. The van der Waals surface area contributed by atoms with E-state index in [4.69, 9.17) is 10.5 Å². The van der Waals surface area contributed by atoms with Crippen LogP contribution in [0, 0.1) is 6.92 Å². The maximum Gasteiger partial charge on any atom is 0.151 e. The molecule has 2 N–H and O–H groups in total. The first-order chi connectivity index (χ1) is 9.25. The minimum absolute atomic E-state index is 0.488. The molecule has 0 aliphatic carbocycles. The zero-order chi connectivity index (χ0) is 13.2. The number of aryl methyl sites for hydroxylation is 1. The number of hydrogen-bond donors (Lipinski definition) is 1. The van der Waals surface area contributed by atoms with Crippen molar-refractivity contribution in [3.63, 3.8) is 0 Å². The topological polar surface area (TPSA) is 68.7 Å². The lowest BCUT2D eigenvalue weighted by Crippen LogP contribution is -2.25. The number of likely N-dealkylation sites (tertiary alicyclic amines) is 1. The Morgan fingerprint density at radius 3 is 2.89 bits per heavy atom. The first kappa shape index (κ1) is 12.2. The van der Waals surface area contributed by atoms with Crippen molar-refractivity contribution in [2.24, 2.45) is 0 Å². The summed E-state index contributed by atoms with van der Waals surface area (Å²) in [5.74, 6) is 1.33. The predicted molar refractivity (Wildman–Crippen MR) is 73.3 cm³/mol. The van der Waals surface area contributed by atoms with E-state index in [2.05, 4.69) is 15.0 Å². The summed E-state index contributed by atoms with van der Waals surface area (Å²) < 4.78 is 7.58. The average molecular weight is 261 g/mol. The van der Waals surface area contributed by atoms with E-state index >= 15 is 0 Å². The molecule has 1 fully saturated rings. The molecule has 6 heteroatoms. The maximum absolute atomic E-state index is 5.86. The molecule has 0 bridgehead atoms. The molecule has 0 saturated carbocycles. The summed E-state index contributed by atoms with van der Waals surface area (Å²) in [5, 5.41) is 4.14. The van der Waals surface area contributed by atoms with Crippen molar-refractivity contribution in [2.45, 2.75) is 19.8 Å². The summed E-state index contributed by atoms with van der Waals surface area (Å²) >= 11 is 0. The van der Waals surface area contributed by atoms with Gasteiger partial charge < -0.3 is 10.5 Å². The van der Waals surface area contributed by atoms with Gasteiger partial charge in [-0.15, -0.1) is 0 Å². The van der Waals surface area contributed by atoms with Crippen molar-refractivity contribution in [1.82, 2.24) is 19.5 Å². The van der Waals surface area contributed by atoms with Crippen molar-refractivity contribution in [3.8, 4) is 5.75 Å². The van der Waals surface area contributed by atoms with Gasteiger partial charge in [0.05, 0.1) is 6.20 Å². The smallest absolute Gasteiger partial charge is 0.151 e. The zero-order valence-corrected chi connectivity index (χ0v) is 11.2. The number of hydrogen-bond acceptors (Lipinski definition) is 5. The van der Waals surface area contributed by atoms with Crippen LogP contribution in [0.1, 0.15) is 18.4 Å². The van der Waals surface area contributed by atoms with Gasteiger partial charge in [-0.25, -0.2) is 9.50 Å². The third-order valence-corrected chi connectivity index (χ3v) is 3.67. The van der Waals surface area contributed by atoms with Gasteiger partial charge >= 0.3 is 0 Å². The van der Waals surface area contributed by atoms with Crippen molar-refractivity contribution < 1.29 is 4.74 Å². The van der Waals surface area contributed by atoms with Gasteiger partial charge in [0, 0.05) is 12.1 Å². The zero-order valence-electron chi connectivity index (χ0n) is 11.2. The summed E-state index contributed by atoms with van der Waals surface area (Å²) in [6.45, 7) is 6.05. The number of nitrogen functional groups attached to an aromatic ring is 1. The van der Waals surface area contributed by atoms with Gasteiger partial charge in [-0.2, -0.15) is 5.10 Å². The minimum Gasteiger partial charge on any atom is -0.490 e. The molecular weight excluding hydrogens is 242 g/mol. The Balaban J connectivity index is 1.70. The molecule has 2 aromatic rings. The first-order valence-corrected chi connectivity index (χ1v) is 6.69. The minimum atomic E-state index is 0.488. The summed E-state index contributed by atoms with van der Waals surface area (Å²) in [6.07, 6.45) is 5.94. The highest BCUT2D eigenvalue weighted by Crippen LogP contribution is 2.26. The molecule has 1 aliphatic heterocycles. The lowest BCUT2D eigenvalue weighted by molar-refractivity contribution is 0.237. The van der Waals surface area contributed by atoms with Gasteiger partial charge in [-0.05, 0) is 32.9 Å². The molecule has 0 spiro atoms. The predicted octanol–water partition coefficient (Wildman–Crippen LogP) is 1.09. The summed E-state index contributed by atoms with van der Waals surface area (Å²) in [4.78, 5) is 6.44. The van der Waals surface area contributed by atoms with Crippen LogP contribution in [0.25, 0.3) is 5.52 Å². The third-order valence-electron chi connectivity index (χ3n) is 3.67. The molecule has 1 aliphatic rings. The molecule has 3 heterocycles. The number of rotatable bonds is 4. The standard InChI is InChI=1S/C13H19N5O/c1-10-11(19-7-6-17-4-2-3-5-17)8-18-12(10)13(14)15-9-16-18/h8-9H,2-7H2,1H3,(H2,14,15,16). The van der Waals surface area contributed by atoms with Crippen molar-refractivity contribution >= 4 is 11.3 Å². The Labute approximate surface area is 112 Å².